The van der Waals surface area contributed by atoms with Crippen molar-refractivity contribution < 1.29 is 27.8 Å². The van der Waals surface area contributed by atoms with Crippen LogP contribution in [0.25, 0.3) is 0 Å². The van der Waals surface area contributed by atoms with Crippen LogP contribution in [0.2, 0.25) is 0 Å². The van der Waals surface area contributed by atoms with Gasteiger partial charge in [-0.05, 0) is 18.2 Å². The van der Waals surface area contributed by atoms with Gasteiger partial charge >= 0.3 is 12.3 Å². The normalized spacial score (nSPS) is 11.2. The Morgan fingerprint density at radius 3 is 2.47 bits per heavy atom. The third-order valence-electron chi connectivity index (χ3n) is 1.42. The molecular formula is C8H5F3O3S. The van der Waals surface area contributed by atoms with Crippen LogP contribution < -0.4 is 4.74 Å². The molecule has 1 aromatic rings. The summed E-state index contributed by atoms with van der Waals surface area (Å²) in [7, 11) is 0. The highest BCUT2D eigenvalue weighted by Crippen LogP contribution is 2.28. The summed E-state index contributed by atoms with van der Waals surface area (Å²) in [4.78, 5) is 10.8. The summed E-state index contributed by atoms with van der Waals surface area (Å²) >= 11 is 3.81. The third kappa shape index (κ3) is 3.35. The molecule has 0 unspecified atom stereocenters. The molecule has 0 aliphatic heterocycles. The summed E-state index contributed by atoms with van der Waals surface area (Å²) in [6, 6.07) is 3.09. The average molecular weight is 238 g/mol. The van der Waals surface area contributed by atoms with Gasteiger partial charge in [0.05, 0.1) is 0 Å². The molecule has 0 aromatic heterocycles. The van der Waals surface area contributed by atoms with E-state index in [4.69, 9.17) is 5.11 Å². The smallest absolute Gasteiger partial charge is 0.478 e. The third-order valence-corrected chi connectivity index (χ3v) is 1.70. The fourth-order valence-corrected chi connectivity index (χ4v) is 1.10. The monoisotopic (exact) mass is 238 g/mol. The Balaban J connectivity index is 3.12. The number of carbonyl (C=O) groups is 1. The highest BCUT2D eigenvalue weighted by Gasteiger charge is 2.32. The minimum absolute atomic E-state index is 0.238. The molecule has 82 valence electrons. The van der Waals surface area contributed by atoms with Gasteiger partial charge in [-0.1, -0.05) is 0 Å². The van der Waals surface area contributed by atoms with Gasteiger partial charge in [0.25, 0.3) is 0 Å². The van der Waals surface area contributed by atoms with E-state index in [9.17, 15) is 18.0 Å². The number of carboxylic acid groups (broad SMARTS) is 1. The van der Waals surface area contributed by atoms with Crippen molar-refractivity contribution in [3.63, 3.8) is 0 Å². The summed E-state index contributed by atoms with van der Waals surface area (Å²) in [6.45, 7) is 0. The fourth-order valence-electron chi connectivity index (χ4n) is 0.899. The first kappa shape index (κ1) is 11.7. The van der Waals surface area contributed by atoms with Gasteiger partial charge in [0.15, 0.2) is 0 Å². The van der Waals surface area contributed by atoms with Crippen molar-refractivity contribution in [3.8, 4) is 5.75 Å². The van der Waals surface area contributed by atoms with Gasteiger partial charge in [-0.15, -0.1) is 25.8 Å². The maximum Gasteiger partial charge on any atom is 0.573 e. The minimum Gasteiger partial charge on any atom is -0.478 e. The summed E-state index contributed by atoms with van der Waals surface area (Å²) < 4.78 is 39.1. The number of benzene rings is 1. The fraction of sp³-hybridized carbons (Fsp3) is 0.125. The number of carboxylic acids is 1. The molecule has 0 atom stereocenters. The first-order valence-corrected chi connectivity index (χ1v) is 4.06. The van der Waals surface area contributed by atoms with Crippen LogP contribution in [-0.2, 0) is 0 Å². The largest absolute Gasteiger partial charge is 0.573 e. The summed E-state index contributed by atoms with van der Waals surface area (Å²) in [5.74, 6) is -2.27. The predicted octanol–water partition coefficient (Wildman–Crippen LogP) is 2.57. The van der Waals surface area contributed by atoms with Crippen LogP contribution in [0.3, 0.4) is 0 Å². The molecule has 0 bridgehead atoms. The van der Waals surface area contributed by atoms with E-state index in [-0.39, 0.29) is 4.90 Å². The Morgan fingerprint density at radius 2 is 2.00 bits per heavy atom. The van der Waals surface area contributed by atoms with Gasteiger partial charge in [-0.2, -0.15) is 0 Å². The molecule has 0 saturated heterocycles. The number of aromatic carboxylic acids is 1. The van der Waals surface area contributed by atoms with Gasteiger partial charge in [0.2, 0.25) is 0 Å². The molecule has 0 aliphatic carbocycles. The topological polar surface area (TPSA) is 46.5 Å². The van der Waals surface area contributed by atoms with Gasteiger partial charge in [-0.3, -0.25) is 0 Å². The number of halogens is 3. The van der Waals surface area contributed by atoms with Crippen LogP contribution in [-0.4, -0.2) is 17.4 Å². The van der Waals surface area contributed by atoms with E-state index in [2.05, 4.69) is 17.4 Å². The maximum atomic E-state index is 11.9. The Kier molecular flexibility index (Phi) is 3.13. The molecule has 1 N–H and O–H groups in total. The molecule has 15 heavy (non-hydrogen) atoms. The molecule has 0 aliphatic rings. The SMILES string of the molecule is O=C(O)c1cc(S)ccc1OC(F)(F)F. The number of hydrogen-bond donors (Lipinski definition) is 2. The first-order valence-electron chi connectivity index (χ1n) is 3.61. The molecule has 0 fully saturated rings. The van der Waals surface area contributed by atoms with Crippen molar-refractivity contribution in [2.75, 3.05) is 0 Å². The number of hydrogen-bond acceptors (Lipinski definition) is 3. The number of alkyl halides is 3. The van der Waals surface area contributed by atoms with Crippen LogP contribution in [0, 0.1) is 0 Å². The van der Waals surface area contributed by atoms with Crippen molar-refractivity contribution in [2.45, 2.75) is 11.3 Å². The van der Waals surface area contributed by atoms with Gasteiger partial charge in [0, 0.05) is 4.90 Å². The quantitative estimate of drug-likeness (QED) is 0.778. The summed E-state index contributed by atoms with van der Waals surface area (Å²) in [5.41, 5.74) is -0.583. The van der Waals surface area contributed by atoms with Crippen molar-refractivity contribution >= 4 is 18.6 Å². The number of rotatable bonds is 2. The molecule has 1 rings (SSSR count). The summed E-state index contributed by atoms with van der Waals surface area (Å²) in [5, 5.41) is 8.61. The Labute approximate surface area is 87.9 Å². The van der Waals surface area contributed by atoms with E-state index < -0.39 is 23.6 Å². The molecular weight excluding hydrogens is 233 g/mol. The van der Waals surface area contributed by atoms with E-state index in [1.54, 1.807) is 0 Å². The molecule has 0 heterocycles. The lowest BCUT2D eigenvalue weighted by Crippen LogP contribution is -2.19. The second-order valence-electron chi connectivity index (χ2n) is 2.53. The zero-order valence-corrected chi connectivity index (χ0v) is 7.97. The van der Waals surface area contributed by atoms with E-state index in [0.29, 0.717) is 0 Å². The van der Waals surface area contributed by atoms with Crippen LogP contribution in [0.5, 0.6) is 5.75 Å². The van der Waals surface area contributed by atoms with Crippen molar-refractivity contribution in [1.29, 1.82) is 0 Å². The van der Waals surface area contributed by atoms with Crippen LogP contribution in [0.4, 0.5) is 13.2 Å². The molecule has 0 saturated carbocycles. The van der Waals surface area contributed by atoms with E-state index in [1.165, 1.54) is 6.07 Å². The number of thiol groups is 1. The summed E-state index contributed by atoms with van der Waals surface area (Å²) in [6.07, 6.45) is -4.91. The standard InChI is InChI=1S/C8H5F3O3S/c9-8(10,11)14-6-2-1-4(15)3-5(6)7(12)13/h1-3,15H,(H,12,13). The molecule has 7 heteroatoms. The second-order valence-corrected chi connectivity index (χ2v) is 3.05. The second kappa shape index (κ2) is 4.01. The first-order chi connectivity index (χ1) is 6.79. The Morgan fingerprint density at radius 1 is 1.40 bits per heavy atom. The lowest BCUT2D eigenvalue weighted by atomic mass is 10.2. The van der Waals surface area contributed by atoms with E-state index in [1.807, 2.05) is 0 Å². The predicted molar refractivity (Wildman–Crippen MR) is 47.3 cm³/mol. The van der Waals surface area contributed by atoms with Crippen LogP contribution in [0.15, 0.2) is 23.1 Å². The zero-order valence-electron chi connectivity index (χ0n) is 7.08. The van der Waals surface area contributed by atoms with Crippen molar-refractivity contribution in [2.24, 2.45) is 0 Å². The maximum absolute atomic E-state index is 11.9. The molecule has 1 aromatic carbocycles. The highest BCUT2D eigenvalue weighted by atomic mass is 32.1. The molecule has 0 spiro atoms. The van der Waals surface area contributed by atoms with Crippen molar-refractivity contribution in [3.05, 3.63) is 23.8 Å². The minimum atomic E-state index is -4.91. The average Bonchev–Trinajstić information content (AvgIpc) is 2.05. The van der Waals surface area contributed by atoms with Crippen LogP contribution in [0.1, 0.15) is 10.4 Å². The zero-order chi connectivity index (χ0) is 11.6. The van der Waals surface area contributed by atoms with Crippen molar-refractivity contribution in [1.82, 2.24) is 0 Å². The highest BCUT2D eigenvalue weighted by molar-refractivity contribution is 7.80. The molecule has 3 nitrogen and oxygen atoms in total. The van der Waals surface area contributed by atoms with Gasteiger partial charge < -0.3 is 9.84 Å². The lowest BCUT2D eigenvalue weighted by molar-refractivity contribution is -0.274. The molecule has 0 amide bonds. The van der Waals surface area contributed by atoms with E-state index >= 15 is 0 Å². The number of ether oxygens (including phenoxy) is 1. The van der Waals surface area contributed by atoms with E-state index in [0.717, 1.165) is 12.1 Å². The van der Waals surface area contributed by atoms with Crippen LogP contribution >= 0.6 is 12.6 Å². The Hall–Kier alpha value is -1.37. The molecule has 0 radical (unpaired) electrons. The van der Waals surface area contributed by atoms with Gasteiger partial charge in [-0.25, -0.2) is 4.79 Å². The lowest BCUT2D eigenvalue weighted by Gasteiger charge is -2.11. The van der Waals surface area contributed by atoms with Gasteiger partial charge in [0.1, 0.15) is 11.3 Å². The Bertz CT molecular complexity index is 389.